The number of benzene rings is 2. The van der Waals surface area contributed by atoms with Crippen molar-refractivity contribution < 1.29 is 9.47 Å². The molecular weight excluding hydrogens is 463 g/mol. The summed E-state index contributed by atoms with van der Waals surface area (Å²) in [5, 5.41) is 12.2. The molecule has 0 spiro atoms. The third kappa shape index (κ3) is 7.40. The molecule has 140 valence electrons. The Morgan fingerprint density at radius 1 is 1.12 bits per heavy atom. The van der Waals surface area contributed by atoms with Crippen LogP contribution in [0.2, 0.25) is 0 Å². The van der Waals surface area contributed by atoms with Gasteiger partial charge in [0.1, 0.15) is 6.07 Å². The van der Waals surface area contributed by atoms with Gasteiger partial charge in [0.15, 0.2) is 18.1 Å². The van der Waals surface area contributed by atoms with Crippen LogP contribution < -0.4 is 14.8 Å². The van der Waals surface area contributed by atoms with Crippen LogP contribution >= 0.6 is 35.0 Å². The molecule has 2 rings (SSSR count). The first kappa shape index (κ1) is 22.6. The maximum atomic E-state index is 8.75. The Labute approximate surface area is 175 Å². The first-order valence-electron chi connectivity index (χ1n) is 8.44. The molecule has 6 heteroatoms. The molecule has 0 aromatic heterocycles. The number of hydrogen-bond donors (Lipinski definition) is 1. The van der Waals surface area contributed by atoms with E-state index in [4.69, 9.17) is 14.7 Å². The summed E-state index contributed by atoms with van der Waals surface area (Å²) < 4.78 is 12.3. The maximum absolute atomic E-state index is 8.75. The number of ether oxygens (including phenoxy) is 2. The molecule has 0 saturated heterocycles. The average Bonchev–Trinajstić information content (AvgIpc) is 2.63. The molecule has 0 fully saturated rings. The summed E-state index contributed by atoms with van der Waals surface area (Å²) in [6, 6.07) is 16.5. The molecule has 0 heterocycles. The molecule has 0 radical (unpaired) electrons. The number of halogens is 2. The fraction of sp³-hybridized carbons (Fsp3) is 0.350. The van der Waals surface area contributed by atoms with Gasteiger partial charge in [-0.05, 0) is 65.2 Å². The highest BCUT2D eigenvalue weighted by molar-refractivity contribution is 14.1. The van der Waals surface area contributed by atoms with Gasteiger partial charge in [-0.1, -0.05) is 37.3 Å². The molecule has 0 amide bonds. The number of hydrogen-bond acceptors (Lipinski definition) is 4. The van der Waals surface area contributed by atoms with E-state index in [1.807, 2.05) is 18.2 Å². The van der Waals surface area contributed by atoms with E-state index in [1.165, 1.54) is 5.56 Å². The minimum Gasteiger partial charge on any atom is -0.490 e. The van der Waals surface area contributed by atoms with Crippen LogP contribution in [0.15, 0.2) is 42.5 Å². The molecule has 0 unspecified atom stereocenters. The zero-order valence-corrected chi connectivity index (χ0v) is 17.8. The monoisotopic (exact) mass is 486 g/mol. The van der Waals surface area contributed by atoms with Crippen LogP contribution in [0.1, 0.15) is 24.5 Å². The van der Waals surface area contributed by atoms with E-state index in [9.17, 15) is 0 Å². The van der Waals surface area contributed by atoms with Gasteiger partial charge in [0, 0.05) is 6.54 Å². The molecule has 0 aliphatic carbocycles. The van der Waals surface area contributed by atoms with Crippen LogP contribution in [0.25, 0.3) is 0 Å². The zero-order chi connectivity index (χ0) is 17.9. The summed E-state index contributed by atoms with van der Waals surface area (Å²) in [5.74, 6) is 1.37. The molecule has 0 bridgehead atoms. The van der Waals surface area contributed by atoms with Gasteiger partial charge in [-0.25, -0.2) is 0 Å². The quantitative estimate of drug-likeness (QED) is 0.389. The third-order valence-electron chi connectivity index (χ3n) is 3.57. The van der Waals surface area contributed by atoms with Crippen molar-refractivity contribution in [3.8, 4) is 17.6 Å². The van der Waals surface area contributed by atoms with Crippen molar-refractivity contribution in [2.75, 3.05) is 19.8 Å². The molecule has 1 N–H and O–H groups in total. The summed E-state index contributed by atoms with van der Waals surface area (Å²) in [7, 11) is 0. The summed E-state index contributed by atoms with van der Waals surface area (Å²) in [5.41, 5.74) is 2.48. The maximum Gasteiger partial charge on any atom is 0.176 e. The molecule has 4 nitrogen and oxygen atoms in total. The largest absolute Gasteiger partial charge is 0.490 e. The molecule has 0 saturated carbocycles. The molecular formula is C20H24ClIN2O2. The fourth-order valence-corrected chi connectivity index (χ4v) is 3.22. The van der Waals surface area contributed by atoms with E-state index in [0.717, 1.165) is 35.1 Å². The predicted molar refractivity (Wildman–Crippen MR) is 115 cm³/mol. The lowest BCUT2D eigenvalue weighted by atomic mass is 10.1. The lowest BCUT2D eigenvalue weighted by Gasteiger charge is -2.15. The molecule has 26 heavy (non-hydrogen) atoms. The summed E-state index contributed by atoms with van der Waals surface area (Å²) in [4.78, 5) is 0. The highest BCUT2D eigenvalue weighted by Gasteiger charge is 2.12. The Morgan fingerprint density at radius 2 is 1.88 bits per heavy atom. The topological polar surface area (TPSA) is 54.3 Å². The summed E-state index contributed by atoms with van der Waals surface area (Å²) in [6.45, 7) is 4.40. The van der Waals surface area contributed by atoms with Crippen LogP contribution in [0.3, 0.4) is 0 Å². The van der Waals surface area contributed by atoms with E-state index in [1.54, 1.807) is 0 Å². The molecule has 0 aliphatic rings. The van der Waals surface area contributed by atoms with Crippen LogP contribution in [0, 0.1) is 14.9 Å². The fourth-order valence-electron chi connectivity index (χ4n) is 2.40. The Kier molecular flexibility index (Phi) is 11.1. The second-order valence-electron chi connectivity index (χ2n) is 5.61. The molecule has 0 aliphatic heterocycles. The number of rotatable bonds is 10. The van der Waals surface area contributed by atoms with Crippen molar-refractivity contribution in [2.24, 2.45) is 0 Å². The highest BCUT2D eigenvalue weighted by Crippen LogP contribution is 2.34. The number of nitriles is 1. The molecule has 2 aromatic carbocycles. The smallest absolute Gasteiger partial charge is 0.176 e. The van der Waals surface area contributed by atoms with Crippen LogP contribution in [0.4, 0.5) is 0 Å². The van der Waals surface area contributed by atoms with E-state index < -0.39 is 0 Å². The molecule has 2 aromatic rings. The van der Waals surface area contributed by atoms with Crippen molar-refractivity contribution >= 4 is 35.0 Å². The van der Waals surface area contributed by atoms with Crippen LogP contribution in [-0.4, -0.2) is 19.8 Å². The van der Waals surface area contributed by atoms with E-state index >= 15 is 0 Å². The Morgan fingerprint density at radius 3 is 2.58 bits per heavy atom. The first-order chi connectivity index (χ1) is 12.2. The minimum atomic E-state index is 0. The number of nitrogens with one attached hydrogen (secondary N) is 1. The Hall–Kier alpha value is -1.49. The summed E-state index contributed by atoms with van der Waals surface area (Å²) in [6.07, 6.45) is 1.92. The van der Waals surface area contributed by atoms with Gasteiger partial charge in [-0.3, -0.25) is 0 Å². The zero-order valence-electron chi connectivity index (χ0n) is 14.8. The normalized spacial score (nSPS) is 9.88. The van der Waals surface area contributed by atoms with Crippen molar-refractivity contribution in [1.29, 1.82) is 5.26 Å². The van der Waals surface area contributed by atoms with Gasteiger partial charge in [-0.15, -0.1) is 12.4 Å². The standard InChI is InChI=1S/C20H23IN2O2.ClH/c1-2-11-24-19-14-17(13-18(21)20(19)25-12-9-22)15-23-10-8-16-6-4-3-5-7-16;/h3-7,13-14,23H,2,8,10-12,15H2,1H3;1H. The van der Waals surface area contributed by atoms with Crippen molar-refractivity contribution in [2.45, 2.75) is 26.3 Å². The average molecular weight is 487 g/mol. The lowest BCUT2D eigenvalue weighted by molar-refractivity contribution is 0.283. The van der Waals surface area contributed by atoms with Gasteiger partial charge in [0.25, 0.3) is 0 Å². The van der Waals surface area contributed by atoms with E-state index in [0.29, 0.717) is 18.1 Å². The van der Waals surface area contributed by atoms with Crippen molar-refractivity contribution in [3.63, 3.8) is 0 Å². The van der Waals surface area contributed by atoms with Gasteiger partial charge in [0.2, 0.25) is 0 Å². The van der Waals surface area contributed by atoms with E-state index in [2.05, 4.69) is 65.2 Å². The second-order valence-corrected chi connectivity index (χ2v) is 6.77. The Balaban J connectivity index is 0.00000338. The third-order valence-corrected chi connectivity index (χ3v) is 4.38. The van der Waals surface area contributed by atoms with Crippen LogP contribution in [0.5, 0.6) is 11.5 Å². The minimum absolute atomic E-state index is 0. The van der Waals surface area contributed by atoms with Crippen molar-refractivity contribution in [1.82, 2.24) is 5.32 Å². The Bertz CT molecular complexity index is 705. The molecule has 0 atom stereocenters. The number of nitrogens with zero attached hydrogens (tertiary/aromatic N) is 1. The first-order valence-corrected chi connectivity index (χ1v) is 9.52. The predicted octanol–water partition coefficient (Wildman–Crippen LogP) is 4.74. The lowest BCUT2D eigenvalue weighted by Crippen LogP contribution is -2.17. The van der Waals surface area contributed by atoms with Gasteiger partial charge in [-0.2, -0.15) is 5.26 Å². The second kappa shape index (κ2) is 12.8. The van der Waals surface area contributed by atoms with Gasteiger partial charge >= 0.3 is 0 Å². The van der Waals surface area contributed by atoms with Gasteiger partial charge < -0.3 is 14.8 Å². The van der Waals surface area contributed by atoms with Crippen LogP contribution in [-0.2, 0) is 13.0 Å². The van der Waals surface area contributed by atoms with E-state index in [-0.39, 0.29) is 19.0 Å². The highest BCUT2D eigenvalue weighted by atomic mass is 127. The van der Waals surface area contributed by atoms with Gasteiger partial charge in [0.05, 0.1) is 10.2 Å². The summed E-state index contributed by atoms with van der Waals surface area (Å²) >= 11 is 2.23. The SMILES string of the molecule is CCCOc1cc(CNCCc2ccccc2)cc(I)c1OCC#N.Cl. The van der Waals surface area contributed by atoms with Crippen molar-refractivity contribution in [3.05, 3.63) is 57.2 Å².